The van der Waals surface area contributed by atoms with Gasteiger partial charge in [-0.3, -0.25) is 19.7 Å². The minimum Gasteiger partial charge on any atom is -0.491 e. The van der Waals surface area contributed by atoms with Gasteiger partial charge in [-0.15, -0.1) is 0 Å². The quantitative estimate of drug-likeness (QED) is 0.516. The summed E-state index contributed by atoms with van der Waals surface area (Å²) in [4.78, 5) is 26.1. The molecule has 1 N–H and O–H groups in total. The number of carbonyl (C=O) groups is 1. The molecule has 0 saturated carbocycles. The van der Waals surface area contributed by atoms with Crippen LogP contribution in [0.4, 0.5) is 5.69 Å². The lowest BCUT2D eigenvalue weighted by atomic mass is 10.1. The van der Waals surface area contributed by atoms with Crippen molar-refractivity contribution in [3.63, 3.8) is 0 Å². The minimum atomic E-state index is -0.117. The highest BCUT2D eigenvalue weighted by Crippen LogP contribution is 2.43. The van der Waals surface area contributed by atoms with Gasteiger partial charge >= 0.3 is 0 Å². The van der Waals surface area contributed by atoms with E-state index >= 15 is 0 Å². The van der Waals surface area contributed by atoms with Crippen molar-refractivity contribution >= 4 is 17.3 Å². The molecule has 3 aliphatic heterocycles. The van der Waals surface area contributed by atoms with E-state index in [9.17, 15) is 4.79 Å². The summed E-state index contributed by atoms with van der Waals surface area (Å²) in [6.45, 7) is 5.17. The van der Waals surface area contributed by atoms with Crippen molar-refractivity contribution in [2.24, 2.45) is 4.99 Å². The molecule has 0 amide bonds. The average molecular weight is 448 g/mol. The van der Waals surface area contributed by atoms with Crippen LogP contribution in [-0.2, 0) is 0 Å². The van der Waals surface area contributed by atoms with E-state index in [4.69, 9.17) is 14.5 Å². The van der Waals surface area contributed by atoms with E-state index in [1.165, 1.54) is 19.3 Å². The first-order valence-electron chi connectivity index (χ1n) is 11.6. The SMILES string of the molecule is COc1c(OCCN2CCCCC2)ccc2c1NC(=CC(=O)c1cccnc1)N1CCN=C21. The highest BCUT2D eigenvalue weighted by molar-refractivity contribution is 6.11. The fourth-order valence-electron chi connectivity index (χ4n) is 4.60. The Kier molecular flexibility index (Phi) is 6.26. The molecule has 0 spiro atoms. The van der Waals surface area contributed by atoms with Gasteiger partial charge < -0.3 is 19.7 Å². The van der Waals surface area contributed by atoms with Crippen LogP contribution in [0.1, 0.15) is 35.2 Å². The topological polar surface area (TPSA) is 79.3 Å². The second-order valence-corrected chi connectivity index (χ2v) is 8.39. The van der Waals surface area contributed by atoms with Crippen LogP contribution >= 0.6 is 0 Å². The summed E-state index contributed by atoms with van der Waals surface area (Å²) in [5.41, 5.74) is 2.26. The first kappa shape index (κ1) is 21.5. The average Bonchev–Trinajstić information content (AvgIpc) is 3.36. The van der Waals surface area contributed by atoms with E-state index in [1.54, 1.807) is 37.7 Å². The molecule has 1 saturated heterocycles. The van der Waals surface area contributed by atoms with E-state index in [2.05, 4.69) is 15.2 Å². The second kappa shape index (κ2) is 9.62. The summed E-state index contributed by atoms with van der Waals surface area (Å²) < 4.78 is 11.9. The smallest absolute Gasteiger partial charge is 0.191 e. The molecular formula is C25H29N5O3. The normalized spacial score (nSPS) is 18.9. The summed E-state index contributed by atoms with van der Waals surface area (Å²) in [6.07, 6.45) is 8.67. The van der Waals surface area contributed by atoms with E-state index in [-0.39, 0.29) is 5.78 Å². The third kappa shape index (κ3) is 4.43. The zero-order valence-corrected chi connectivity index (χ0v) is 18.9. The molecule has 0 radical (unpaired) electrons. The number of aromatic nitrogens is 1. The zero-order chi connectivity index (χ0) is 22.6. The molecule has 8 nitrogen and oxygen atoms in total. The Morgan fingerprint density at radius 1 is 1.18 bits per heavy atom. The van der Waals surface area contributed by atoms with Crippen LogP contribution in [0.15, 0.2) is 53.5 Å². The lowest BCUT2D eigenvalue weighted by Crippen LogP contribution is -2.37. The fourth-order valence-corrected chi connectivity index (χ4v) is 4.60. The lowest BCUT2D eigenvalue weighted by Gasteiger charge is -2.32. The number of likely N-dealkylation sites (tertiary alicyclic amines) is 1. The molecule has 5 rings (SSSR count). The predicted octanol–water partition coefficient (Wildman–Crippen LogP) is 3.17. The summed E-state index contributed by atoms with van der Waals surface area (Å²) >= 11 is 0. The molecule has 8 heteroatoms. The maximum Gasteiger partial charge on any atom is 0.191 e. The van der Waals surface area contributed by atoms with Gasteiger partial charge in [0.05, 0.1) is 19.3 Å². The van der Waals surface area contributed by atoms with Crippen LogP contribution < -0.4 is 14.8 Å². The summed E-state index contributed by atoms with van der Waals surface area (Å²) in [5.74, 6) is 2.71. The van der Waals surface area contributed by atoms with Gasteiger partial charge in [-0.1, -0.05) is 6.42 Å². The van der Waals surface area contributed by atoms with Gasteiger partial charge in [0.1, 0.15) is 18.3 Å². The van der Waals surface area contributed by atoms with Crippen LogP contribution in [-0.4, -0.2) is 72.8 Å². The molecule has 0 bridgehead atoms. The number of hydrogen-bond donors (Lipinski definition) is 1. The van der Waals surface area contributed by atoms with Crippen molar-refractivity contribution in [2.45, 2.75) is 19.3 Å². The van der Waals surface area contributed by atoms with E-state index < -0.39 is 0 Å². The number of ether oxygens (including phenoxy) is 2. The molecule has 172 valence electrons. The van der Waals surface area contributed by atoms with E-state index in [0.29, 0.717) is 42.6 Å². The number of allylic oxidation sites excluding steroid dienone is 1. The Labute approximate surface area is 193 Å². The first-order valence-corrected chi connectivity index (χ1v) is 11.6. The number of ketones is 1. The van der Waals surface area contributed by atoms with Crippen molar-refractivity contribution in [1.29, 1.82) is 0 Å². The Hall–Kier alpha value is -3.39. The minimum absolute atomic E-state index is 0.117. The van der Waals surface area contributed by atoms with Gasteiger partial charge in [0.15, 0.2) is 17.3 Å². The number of pyridine rings is 1. The largest absolute Gasteiger partial charge is 0.491 e. The van der Waals surface area contributed by atoms with E-state index in [0.717, 1.165) is 36.7 Å². The standard InChI is InChI=1S/C25H29N5O3/c1-32-24-21(33-15-14-29-11-3-2-4-12-29)8-7-19-23(24)28-22(30-13-10-27-25(19)30)16-20(31)18-6-5-9-26-17-18/h5-9,16-17,28H,2-4,10-15H2,1H3. The van der Waals surface area contributed by atoms with E-state index in [1.807, 2.05) is 17.0 Å². The molecule has 4 heterocycles. The number of rotatable bonds is 7. The number of benzene rings is 1. The third-order valence-electron chi connectivity index (χ3n) is 6.28. The summed E-state index contributed by atoms with van der Waals surface area (Å²) in [7, 11) is 1.64. The number of hydrogen-bond acceptors (Lipinski definition) is 8. The number of nitrogens with zero attached hydrogens (tertiary/aromatic N) is 4. The van der Waals surface area contributed by atoms with Gasteiger partial charge in [-0.05, 0) is 50.2 Å². The van der Waals surface area contributed by atoms with Gasteiger partial charge in [0.25, 0.3) is 0 Å². The Morgan fingerprint density at radius 3 is 2.85 bits per heavy atom. The van der Waals surface area contributed by atoms with Crippen LogP contribution in [0.3, 0.4) is 0 Å². The number of aliphatic imine (C=N–C) groups is 1. The Morgan fingerprint density at radius 2 is 2.06 bits per heavy atom. The Bertz CT molecular complexity index is 1080. The van der Waals surface area contributed by atoms with Crippen molar-refractivity contribution in [3.05, 3.63) is 59.7 Å². The zero-order valence-electron chi connectivity index (χ0n) is 18.9. The molecular weight excluding hydrogens is 418 g/mol. The molecule has 1 fully saturated rings. The van der Waals surface area contributed by atoms with Crippen molar-refractivity contribution in [1.82, 2.24) is 14.8 Å². The maximum absolute atomic E-state index is 12.8. The summed E-state index contributed by atoms with van der Waals surface area (Å²) in [6, 6.07) is 7.48. The molecule has 2 aromatic rings. The van der Waals surface area contributed by atoms with Gasteiger partial charge in [-0.2, -0.15) is 0 Å². The van der Waals surface area contributed by atoms with Crippen LogP contribution in [0, 0.1) is 0 Å². The number of nitrogens with one attached hydrogen (secondary N) is 1. The monoisotopic (exact) mass is 447 g/mol. The van der Waals surface area contributed by atoms with Crippen molar-refractivity contribution in [3.8, 4) is 11.5 Å². The predicted molar refractivity (Wildman–Crippen MR) is 127 cm³/mol. The number of amidine groups is 1. The Balaban J connectivity index is 1.40. The van der Waals surface area contributed by atoms with Crippen LogP contribution in [0.2, 0.25) is 0 Å². The molecule has 0 unspecified atom stereocenters. The molecule has 0 aliphatic carbocycles. The van der Waals surface area contributed by atoms with Gasteiger partial charge in [-0.25, -0.2) is 0 Å². The maximum atomic E-state index is 12.8. The second-order valence-electron chi connectivity index (χ2n) is 8.39. The molecule has 33 heavy (non-hydrogen) atoms. The number of methoxy groups -OCH3 is 1. The van der Waals surface area contributed by atoms with Crippen molar-refractivity contribution < 1.29 is 14.3 Å². The molecule has 1 aromatic carbocycles. The third-order valence-corrected chi connectivity index (χ3v) is 6.28. The molecule has 3 aliphatic rings. The van der Waals surface area contributed by atoms with Gasteiger partial charge in [0.2, 0.25) is 0 Å². The van der Waals surface area contributed by atoms with Crippen LogP contribution in [0.25, 0.3) is 0 Å². The van der Waals surface area contributed by atoms with Crippen molar-refractivity contribution in [2.75, 3.05) is 51.8 Å². The highest BCUT2D eigenvalue weighted by Gasteiger charge is 2.33. The van der Waals surface area contributed by atoms with Gasteiger partial charge in [0, 0.05) is 42.7 Å². The number of carbonyl (C=O) groups excluding carboxylic acids is 1. The number of fused-ring (bicyclic) bond motifs is 3. The number of anilines is 1. The lowest BCUT2D eigenvalue weighted by molar-refractivity contribution is 0.104. The first-order chi connectivity index (χ1) is 16.2. The highest BCUT2D eigenvalue weighted by atomic mass is 16.5. The summed E-state index contributed by atoms with van der Waals surface area (Å²) in [5, 5.41) is 3.42. The van der Waals surface area contributed by atoms with Crippen LogP contribution in [0.5, 0.6) is 11.5 Å². The number of piperidine rings is 1. The molecule has 1 aromatic heterocycles. The fraction of sp³-hybridized carbons (Fsp3) is 0.400. The molecule has 0 atom stereocenters.